The second kappa shape index (κ2) is 4.79. The van der Waals surface area contributed by atoms with E-state index in [2.05, 4.69) is 34.3 Å². The molecule has 2 aromatic heterocycles. The second-order valence-electron chi connectivity index (χ2n) is 4.94. The standard InChI is InChI=1S/C13H15N5O/c1-9(2)7-12-14-13(19-16-12)8-18-11-6-4-3-5-10(11)15-17-18/h3-6,9H,7-8H2,1-2H3. The molecule has 19 heavy (non-hydrogen) atoms. The number of benzene rings is 1. The van der Waals surface area contributed by atoms with Crippen molar-refractivity contribution >= 4 is 11.0 Å². The molecule has 0 bridgehead atoms. The first kappa shape index (κ1) is 11.8. The molecule has 0 spiro atoms. The van der Waals surface area contributed by atoms with Crippen LogP contribution in [-0.4, -0.2) is 25.1 Å². The fraction of sp³-hybridized carbons (Fsp3) is 0.385. The van der Waals surface area contributed by atoms with Crippen LogP contribution < -0.4 is 0 Å². The second-order valence-corrected chi connectivity index (χ2v) is 4.94. The van der Waals surface area contributed by atoms with E-state index in [9.17, 15) is 0 Å². The van der Waals surface area contributed by atoms with E-state index in [1.807, 2.05) is 24.3 Å². The summed E-state index contributed by atoms with van der Waals surface area (Å²) in [4.78, 5) is 4.37. The Morgan fingerprint density at radius 1 is 1.26 bits per heavy atom. The predicted octanol–water partition coefficient (Wildman–Crippen LogP) is 2.06. The third kappa shape index (κ3) is 2.47. The molecule has 3 rings (SSSR count). The molecule has 0 radical (unpaired) electrons. The van der Waals surface area contributed by atoms with Crippen molar-refractivity contribution in [3.05, 3.63) is 36.0 Å². The summed E-state index contributed by atoms with van der Waals surface area (Å²) in [6.45, 7) is 4.70. The molecule has 98 valence electrons. The van der Waals surface area contributed by atoms with Gasteiger partial charge in [0, 0.05) is 6.42 Å². The van der Waals surface area contributed by atoms with Crippen molar-refractivity contribution in [2.24, 2.45) is 5.92 Å². The summed E-state index contributed by atoms with van der Waals surface area (Å²) < 4.78 is 7.00. The number of hydrogen-bond acceptors (Lipinski definition) is 5. The smallest absolute Gasteiger partial charge is 0.248 e. The Bertz CT molecular complexity index is 685. The molecule has 3 aromatic rings. The third-order valence-electron chi connectivity index (χ3n) is 2.81. The molecule has 0 N–H and O–H groups in total. The summed E-state index contributed by atoms with van der Waals surface area (Å²) in [7, 11) is 0. The molecule has 0 atom stereocenters. The maximum absolute atomic E-state index is 5.24. The van der Waals surface area contributed by atoms with E-state index in [0.29, 0.717) is 18.4 Å². The summed E-state index contributed by atoms with van der Waals surface area (Å²) in [6.07, 6.45) is 0.821. The fourth-order valence-electron chi connectivity index (χ4n) is 1.96. The van der Waals surface area contributed by atoms with Crippen molar-refractivity contribution in [2.75, 3.05) is 0 Å². The number of para-hydroxylation sites is 1. The topological polar surface area (TPSA) is 69.6 Å². The molecule has 0 aliphatic heterocycles. The average molecular weight is 257 g/mol. The van der Waals surface area contributed by atoms with Gasteiger partial charge in [0.1, 0.15) is 12.1 Å². The van der Waals surface area contributed by atoms with Crippen LogP contribution in [0, 0.1) is 5.92 Å². The van der Waals surface area contributed by atoms with Gasteiger partial charge in [0.2, 0.25) is 5.89 Å². The van der Waals surface area contributed by atoms with Crippen LogP contribution in [0.25, 0.3) is 11.0 Å². The molecule has 0 aliphatic carbocycles. The van der Waals surface area contributed by atoms with Gasteiger partial charge in [-0.2, -0.15) is 4.98 Å². The van der Waals surface area contributed by atoms with Crippen LogP contribution in [0.2, 0.25) is 0 Å². The maximum atomic E-state index is 5.24. The molecule has 1 aromatic carbocycles. The van der Waals surface area contributed by atoms with Crippen molar-refractivity contribution in [3.63, 3.8) is 0 Å². The minimum atomic E-state index is 0.450. The average Bonchev–Trinajstić information content (AvgIpc) is 2.97. The first-order chi connectivity index (χ1) is 9.22. The van der Waals surface area contributed by atoms with Gasteiger partial charge in [-0.25, -0.2) is 4.68 Å². The Balaban J connectivity index is 1.83. The Kier molecular flexibility index (Phi) is 2.98. The van der Waals surface area contributed by atoms with Crippen LogP contribution in [0.5, 0.6) is 0 Å². The Morgan fingerprint density at radius 2 is 2.11 bits per heavy atom. The molecule has 0 saturated carbocycles. The molecule has 0 unspecified atom stereocenters. The summed E-state index contributed by atoms with van der Waals surface area (Å²) in [5, 5.41) is 12.2. The Labute approximate surface area is 110 Å². The van der Waals surface area contributed by atoms with Crippen LogP contribution in [0.1, 0.15) is 25.6 Å². The lowest BCUT2D eigenvalue weighted by atomic mass is 10.1. The van der Waals surface area contributed by atoms with Crippen molar-refractivity contribution in [1.29, 1.82) is 0 Å². The lowest BCUT2D eigenvalue weighted by Crippen LogP contribution is -2.02. The van der Waals surface area contributed by atoms with Crippen molar-refractivity contribution < 1.29 is 4.52 Å². The Morgan fingerprint density at radius 3 is 2.95 bits per heavy atom. The zero-order valence-electron chi connectivity index (χ0n) is 10.9. The maximum Gasteiger partial charge on any atom is 0.248 e. The minimum absolute atomic E-state index is 0.450. The van der Waals surface area contributed by atoms with Gasteiger partial charge in [0.25, 0.3) is 0 Å². The summed E-state index contributed by atoms with van der Waals surface area (Å²) in [5.41, 5.74) is 1.83. The minimum Gasteiger partial charge on any atom is -0.337 e. The summed E-state index contributed by atoms with van der Waals surface area (Å²) >= 11 is 0. The van der Waals surface area contributed by atoms with E-state index in [4.69, 9.17) is 4.52 Å². The normalized spacial score (nSPS) is 11.5. The first-order valence-electron chi connectivity index (χ1n) is 6.32. The Hall–Kier alpha value is -2.24. The monoisotopic (exact) mass is 257 g/mol. The van der Waals surface area contributed by atoms with Gasteiger partial charge >= 0.3 is 0 Å². The van der Waals surface area contributed by atoms with Crippen molar-refractivity contribution in [2.45, 2.75) is 26.8 Å². The highest BCUT2D eigenvalue weighted by atomic mass is 16.5. The number of hydrogen-bond donors (Lipinski definition) is 0. The van der Waals surface area contributed by atoms with E-state index in [1.54, 1.807) is 4.68 Å². The molecule has 0 amide bonds. The van der Waals surface area contributed by atoms with E-state index < -0.39 is 0 Å². The highest BCUT2D eigenvalue weighted by Gasteiger charge is 2.11. The molecule has 0 aliphatic rings. The van der Waals surface area contributed by atoms with Crippen molar-refractivity contribution in [1.82, 2.24) is 25.1 Å². The largest absolute Gasteiger partial charge is 0.337 e. The molecule has 0 saturated heterocycles. The van der Waals surface area contributed by atoms with Gasteiger partial charge in [-0.05, 0) is 18.1 Å². The quantitative estimate of drug-likeness (QED) is 0.715. The summed E-state index contributed by atoms with van der Waals surface area (Å²) in [5.74, 6) is 1.82. The predicted molar refractivity (Wildman–Crippen MR) is 69.5 cm³/mol. The zero-order chi connectivity index (χ0) is 13.2. The van der Waals surface area contributed by atoms with Gasteiger partial charge in [-0.3, -0.25) is 0 Å². The number of nitrogens with zero attached hydrogens (tertiary/aromatic N) is 5. The van der Waals surface area contributed by atoms with E-state index >= 15 is 0 Å². The number of aromatic nitrogens is 5. The van der Waals surface area contributed by atoms with Crippen LogP contribution in [0.4, 0.5) is 0 Å². The highest BCUT2D eigenvalue weighted by Crippen LogP contribution is 2.12. The van der Waals surface area contributed by atoms with Crippen molar-refractivity contribution in [3.8, 4) is 0 Å². The van der Waals surface area contributed by atoms with E-state index in [-0.39, 0.29) is 0 Å². The molecular formula is C13H15N5O. The van der Waals surface area contributed by atoms with E-state index in [0.717, 1.165) is 23.3 Å². The lowest BCUT2D eigenvalue weighted by molar-refractivity contribution is 0.360. The van der Waals surface area contributed by atoms with Gasteiger partial charge < -0.3 is 4.52 Å². The molecular weight excluding hydrogens is 242 g/mol. The first-order valence-corrected chi connectivity index (χ1v) is 6.32. The third-order valence-corrected chi connectivity index (χ3v) is 2.81. The molecule has 6 heteroatoms. The fourth-order valence-corrected chi connectivity index (χ4v) is 1.96. The lowest BCUT2D eigenvalue weighted by Gasteiger charge is -1.97. The zero-order valence-corrected chi connectivity index (χ0v) is 10.9. The number of rotatable bonds is 4. The van der Waals surface area contributed by atoms with E-state index in [1.165, 1.54) is 0 Å². The molecule has 6 nitrogen and oxygen atoms in total. The van der Waals surface area contributed by atoms with Crippen LogP contribution >= 0.6 is 0 Å². The van der Waals surface area contributed by atoms with Gasteiger partial charge in [0.15, 0.2) is 5.82 Å². The van der Waals surface area contributed by atoms with Crippen LogP contribution in [0.15, 0.2) is 28.8 Å². The number of fused-ring (bicyclic) bond motifs is 1. The molecule has 0 fully saturated rings. The van der Waals surface area contributed by atoms with Crippen LogP contribution in [0.3, 0.4) is 0 Å². The van der Waals surface area contributed by atoms with Gasteiger partial charge in [-0.1, -0.05) is 36.4 Å². The van der Waals surface area contributed by atoms with Gasteiger partial charge in [0.05, 0.1) is 5.52 Å². The highest BCUT2D eigenvalue weighted by molar-refractivity contribution is 5.73. The SMILES string of the molecule is CC(C)Cc1noc(Cn2nnc3ccccc32)n1. The van der Waals surface area contributed by atoms with Gasteiger partial charge in [-0.15, -0.1) is 5.10 Å². The van der Waals surface area contributed by atoms with Crippen LogP contribution in [-0.2, 0) is 13.0 Å². The summed E-state index contributed by atoms with van der Waals surface area (Å²) in [6, 6.07) is 7.80. The molecule has 2 heterocycles.